The first kappa shape index (κ1) is 18.3. The van der Waals surface area contributed by atoms with E-state index in [4.69, 9.17) is 0 Å². The molecule has 21 heavy (non-hydrogen) atoms. The molecule has 5 nitrogen and oxygen atoms in total. The van der Waals surface area contributed by atoms with E-state index in [-0.39, 0.29) is 16.9 Å². The molecule has 0 aliphatic rings. The molecule has 0 radical (unpaired) electrons. The van der Waals surface area contributed by atoms with E-state index in [1.165, 1.54) is 0 Å². The Labute approximate surface area is 127 Å². The Bertz CT molecular complexity index is 559. The summed E-state index contributed by atoms with van der Waals surface area (Å²) in [6.07, 6.45) is 0. The summed E-state index contributed by atoms with van der Waals surface area (Å²) in [5.41, 5.74) is 1.96. The highest BCUT2D eigenvalue weighted by molar-refractivity contribution is 7.52. The van der Waals surface area contributed by atoms with Gasteiger partial charge in [0.25, 0.3) is 0 Å². The molecule has 0 heterocycles. The minimum absolute atomic E-state index is 0.0612. The molecule has 120 valence electrons. The van der Waals surface area contributed by atoms with Crippen LogP contribution < -0.4 is 0 Å². The second-order valence-electron chi connectivity index (χ2n) is 7.05. The number of benzene rings is 1. The third-order valence-electron chi connectivity index (χ3n) is 3.44. The molecule has 0 aliphatic carbocycles. The lowest BCUT2D eigenvalue weighted by molar-refractivity contribution is -0.876. The highest BCUT2D eigenvalue weighted by atomic mass is 31.2. The van der Waals surface area contributed by atoms with Crippen LogP contribution in [-0.4, -0.2) is 47.1 Å². The zero-order chi connectivity index (χ0) is 16.6. The molecule has 0 saturated heterocycles. The van der Waals surface area contributed by atoms with E-state index in [0.717, 1.165) is 11.1 Å². The molecule has 1 aromatic rings. The van der Waals surface area contributed by atoms with Crippen LogP contribution in [0.2, 0.25) is 0 Å². The Morgan fingerprint density at radius 3 is 2.14 bits per heavy atom. The van der Waals surface area contributed by atoms with Gasteiger partial charge in [0, 0.05) is 5.56 Å². The first-order valence-corrected chi connectivity index (χ1v) is 8.58. The molecule has 0 spiro atoms. The van der Waals surface area contributed by atoms with Crippen LogP contribution in [-0.2, 0) is 9.91 Å². The van der Waals surface area contributed by atoms with Crippen LogP contribution in [0.25, 0.3) is 0 Å². The van der Waals surface area contributed by atoms with Crippen molar-refractivity contribution in [2.24, 2.45) is 0 Å². The first-order chi connectivity index (χ1) is 9.28. The van der Waals surface area contributed by atoms with Gasteiger partial charge in [-0.15, -0.1) is 0 Å². The average molecular weight is 316 g/mol. The van der Waals surface area contributed by atoms with Crippen molar-refractivity contribution < 1.29 is 23.9 Å². The fourth-order valence-corrected chi connectivity index (χ4v) is 3.63. The summed E-state index contributed by atoms with van der Waals surface area (Å²) in [7, 11) is 0.639. The van der Waals surface area contributed by atoms with E-state index in [1.807, 2.05) is 32.9 Å². The summed E-state index contributed by atoms with van der Waals surface area (Å²) >= 11 is 0. The minimum Gasteiger partial charge on any atom is -0.369 e. The molecule has 0 aliphatic heterocycles. The molecule has 3 N–H and O–H groups in total. The van der Waals surface area contributed by atoms with Crippen molar-refractivity contribution in [2.45, 2.75) is 32.0 Å². The second kappa shape index (κ2) is 5.82. The largest absolute Gasteiger partial charge is 0.369 e. The maximum atomic E-state index is 12.1. The Hall–Kier alpha value is -0.710. The van der Waals surface area contributed by atoms with Gasteiger partial charge in [-0.2, -0.15) is 0 Å². The van der Waals surface area contributed by atoms with Crippen molar-refractivity contribution in [1.82, 2.24) is 0 Å². The van der Waals surface area contributed by atoms with Crippen LogP contribution in [0.15, 0.2) is 18.2 Å². The van der Waals surface area contributed by atoms with Crippen LogP contribution in [0.5, 0.6) is 0 Å². The third kappa shape index (κ3) is 4.15. The number of hydrogen-bond donors (Lipinski definition) is 3. The van der Waals surface area contributed by atoms with Gasteiger partial charge in [0.05, 0.1) is 21.1 Å². The minimum atomic E-state index is -4.75. The summed E-state index contributed by atoms with van der Waals surface area (Å²) in [5.74, 6) is 0.0612. The molecule has 1 unspecified atom stereocenters. The molecule has 6 heteroatoms. The molecule has 0 fully saturated rings. The zero-order valence-corrected chi connectivity index (χ0v) is 14.6. The number of likely N-dealkylation sites (N-methyl/N-ethyl adjacent to an activating group) is 1. The SMILES string of the molecule is Cc1ccc(C(C)C)c(C(O)(C[N+](C)(C)C)P(=O)(O)O)c1. The van der Waals surface area contributed by atoms with Gasteiger partial charge in [-0.05, 0) is 18.4 Å². The molecule has 0 aromatic heterocycles. The predicted octanol–water partition coefficient (Wildman–Crippen LogP) is 2.15. The van der Waals surface area contributed by atoms with Gasteiger partial charge in [-0.25, -0.2) is 0 Å². The van der Waals surface area contributed by atoms with Gasteiger partial charge in [0.2, 0.25) is 5.34 Å². The van der Waals surface area contributed by atoms with Crippen LogP contribution in [0.1, 0.15) is 36.5 Å². The van der Waals surface area contributed by atoms with E-state index in [0.29, 0.717) is 5.56 Å². The summed E-state index contributed by atoms with van der Waals surface area (Å²) in [5, 5.41) is 8.75. The van der Waals surface area contributed by atoms with E-state index in [2.05, 4.69) is 0 Å². The lowest BCUT2D eigenvalue weighted by Gasteiger charge is -2.37. The summed E-state index contributed by atoms with van der Waals surface area (Å²) in [4.78, 5) is 19.6. The normalized spacial score (nSPS) is 16.1. The Morgan fingerprint density at radius 1 is 1.24 bits per heavy atom. The van der Waals surface area contributed by atoms with E-state index in [9.17, 15) is 19.5 Å². The van der Waals surface area contributed by atoms with Crippen molar-refractivity contribution >= 4 is 7.60 Å². The van der Waals surface area contributed by atoms with E-state index in [1.54, 1.807) is 27.2 Å². The number of aliphatic hydroxyl groups is 1. The van der Waals surface area contributed by atoms with Crippen molar-refractivity contribution in [3.8, 4) is 0 Å². The highest BCUT2D eigenvalue weighted by Gasteiger charge is 2.52. The Morgan fingerprint density at radius 2 is 1.76 bits per heavy atom. The van der Waals surface area contributed by atoms with Crippen molar-refractivity contribution in [2.75, 3.05) is 27.7 Å². The molecular weight excluding hydrogens is 289 g/mol. The zero-order valence-electron chi connectivity index (χ0n) is 13.7. The average Bonchev–Trinajstić information content (AvgIpc) is 2.24. The van der Waals surface area contributed by atoms with Gasteiger partial charge < -0.3 is 19.4 Å². The monoisotopic (exact) mass is 316 g/mol. The molecule has 0 saturated carbocycles. The highest BCUT2D eigenvalue weighted by Crippen LogP contribution is 2.57. The van der Waals surface area contributed by atoms with E-state index >= 15 is 0 Å². The number of aryl methyl sites for hydroxylation is 1. The summed E-state index contributed by atoms with van der Waals surface area (Å²) < 4.78 is 12.3. The van der Waals surface area contributed by atoms with Gasteiger partial charge in [-0.1, -0.05) is 37.6 Å². The lowest BCUT2D eigenvalue weighted by Crippen LogP contribution is -2.47. The van der Waals surface area contributed by atoms with E-state index < -0.39 is 12.9 Å². The lowest BCUT2D eigenvalue weighted by atomic mass is 9.91. The predicted molar refractivity (Wildman–Crippen MR) is 84.1 cm³/mol. The maximum Gasteiger partial charge on any atom is 0.367 e. The number of rotatable bonds is 5. The van der Waals surface area contributed by atoms with Crippen LogP contribution in [0.3, 0.4) is 0 Å². The number of nitrogens with zero attached hydrogens (tertiary/aromatic N) is 1. The van der Waals surface area contributed by atoms with Gasteiger partial charge in [0.15, 0.2) is 0 Å². The summed E-state index contributed by atoms with van der Waals surface area (Å²) in [6, 6.07) is 5.42. The van der Waals surface area contributed by atoms with Crippen molar-refractivity contribution in [3.63, 3.8) is 0 Å². The van der Waals surface area contributed by atoms with Crippen molar-refractivity contribution in [1.29, 1.82) is 0 Å². The van der Waals surface area contributed by atoms with Gasteiger partial charge in [-0.3, -0.25) is 4.57 Å². The quantitative estimate of drug-likeness (QED) is 0.574. The van der Waals surface area contributed by atoms with Crippen LogP contribution in [0.4, 0.5) is 0 Å². The molecule has 1 aromatic carbocycles. The molecule has 0 amide bonds. The second-order valence-corrected chi connectivity index (χ2v) is 8.88. The fourth-order valence-electron chi connectivity index (χ4n) is 2.52. The first-order valence-electron chi connectivity index (χ1n) is 6.97. The molecule has 1 rings (SSSR count). The molecular formula is C15H27NO4P+. The molecule has 1 atom stereocenters. The van der Waals surface area contributed by atoms with Crippen molar-refractivity contribution in [3.05, 3.63) is 34.9 Å². The molecule has 0 bridgehead atoms. The smallest absolute Gasteiger partial charge is 0.367 e. The van der Waals surface area contributed by atoms with Gasteiger partial charge in [0.1, 0.15) is 6.54 Å². The third-order valence-corrected chi connectivity index (χ3v) is 4.78. The van der Waals surface area contributed by atoms with Gasteiger partial charge >= 0.3 is 7.60 Å². The standard InChI is InChI=1S/C15H26NO4P/c1-11(2)13-8-7-12(3)9-14(13)15(17,21(18,19)20)10-16(4,5)6/h7-9,11,17H,10H2,1-6H3,(H-,18,19,20)/p+1. The number of hydrogen-bond acceptors (Lipinski definition) is 2. The number of quaternary nitrogens is 1. The Kier molecular flexibility index (Phi) is 5.09. The van der Waals surface area contributed by atoms with Crippen LogP contribution in [0, 0.1) is 6.92 Å². The fraction of sp³-hybridized carbons (Fsp3) is 0.600. The van der Waals surface area contributed by atoms with Crippen LogP contribution >= 0.6 is 7.60 Å². The summed E-state index contributed by atoms with van der Waals surface area (Å²) in [6.45, 7) is 5.67. The Balaban J connectivity index is 3.62. The maximum absolute atomic E-state index is 12.1. The topological polar surface area (TPSA) is 77.8 Å².